The number of carbonyl (C=O) groups is 1. The van der Waals surface area contributed by atoms with Gasteiger partial charge in [0.1, 0.15) is 11.5 Å². The van der Waals surface area contributed by atoms with Crippen LogP contribution < -0.4 is 14.8 Å². The van der Waals surface area contributed by atoms with Gasteiger partial charge in [-0.1, -0.05) is 51.1 Å². The van der Waals surface area contributed by atoms with Gasteiger partial charge in [-0.05, 0) is 48.6 Å². The lowest BCUT2D eigenvalue weighted by atomic mass is 9.96. The maximum Gasteiger partial charge on any atom is 0.261 e. The number of hydrogen-bond donors (Lipinski definition) is 1. The molecule has 0 spiro atoms. The van der Waals surface area contributed by atoms with Crippen LogP contribution in [0.1, 0.15) is 45.2 Å². The Balaban J connectivity index is 2.10. The van der Waals surface area contributed by atoms with E-state index in [-0.39, 0.29) is 11.9 Å². The van der Waals surface area contributed by atoms with E-state index in [4.69, 9.17) is 9.47 Å². The van der Waals surface area contributed by atoms with Crippen molar-refractivity contribution in [2.45, 2.75) is 45.8 Å². The van der Waals surface area contributed by atoms with Gasteiger partial charge in [-0.2, -0.15) is 0 Å². The Hall–Kier alpha value is -2.49. The summed E-state index contributed by atoms with van der Waals surface area (Å²) in [7, 11) is 1.65. The molecule has 2 aromatic carbocycles. The van der Waals surface area contributed by atoms with Gasteiger partial charge in [0.25, 0.3) is 5.91 Å². The number of benzene rings is 2. The summed E-state index contributed by atoms with van der Waals surface area (Å²) in [5.74, 6) is 1.89. The zero-order valence-corrected chi connectivity index (χ0v) is 16.1. The zero-order valence-electron chi connectivity index (χ0n) is 16.1. The molecule has 4 heteroatoms. The Morgan fingerprint density at radius 3 is 2.19 bits per heavy atom. The van der Waals surface area contributed by atoms with Crippen molar-refractivity contribution in [2.24, 2.45) is 5.92 Å². The van der Waals surface area contributed by atoms with E-state index in [0.29, 0.717) is 18.1 Å². The molecule has 0 heterocycles. The fourth-order valence-corrected chi connectivity index (χ4v) is 2.84. The molecular formula is C22H29NO3. The van der Waals surface area contributed by atoms with Crippen molar-refractivity contribution >= 4 is 5.91 Å². The number of carbonyl (C=O) groups excluding carboxylic acids is 1. The van der Waals surface area contributed by atoms with Gasteiger partial charge in [-0.3, -0.25) is 4.79 Å². The summed E-state index contributed by atoms with van der Waals surface area (Å²) < 4.78 is 11.1. The van der Waals surface area contributed by atoms with Gasteiger partial charge in [-0.25, -0.2) is 0 Å². The molecule has 0 bridgehead atoms. The fraction of sp³-hybridized carbons (Fsp3) is 0.409. The van der Waals surface area contributed by atoms with E-state index in [9.17, 15) is 4.79 Å². The van der Waals surface area contributed by atoms with Gasteiger partial charge in [0.05, 0.1) is 13.2 Å². The molecule has 1 N–H and O–H groups in total. The molecular weight excluding hydrogens is 326 g/mol. The van der Waals surface area contributed by atoms with Gasteiger partial charge in [0.2, 0.25) is 0 Å². The minimum Gasteiger partial charge on any atom is -0.497 e. The molecule has 0 aliphatic carbocycles. The van der Waals surface area contributed by atoms with E-state index >= 15 is 0 Å². The van der Waals surface area contributed by atoms with Crippen LogP contribution in [0, 0.1) is 5.92 Å². The Morgan fingerprint density at radius 1 is 1.00 bits per heavy atom. The number of amides is 1. The van der Waals surface area contributed by atoms with Crippen LogP contribution >= 0.6 is 0 Å². The molecule has 0 fully saturated rings. The molecule has 0 aliphatic rings. The van der Waals surface area contributed by atoms with Crippen molar-refractivity contribution in [1.29, 1.82) is 0 Å². The highest BCUT2D eigenvalue weighted by molar-refractivity contribution is 5.81. The number of ether oxygens (including phenoxy) is 2. The van der Waals surface area contributed by atoms with Crippen LogP contribution in [-0.4, -0.2) is 19.1 Å². The lowest BCUT2D eigenvalue weighted by Crippen LogP contribution is -2.40. The lowest BCUT2D eigenvalue weighted by Gasteiger charge is -2.24. The van der Waals surface area contributed by atoms with Crippen molar-refractivity contribution in [2.75, 3.05) is 7.11 Å². The maximum absolute atomic E-state index is 12.8. The standard InChI is InChI=1S/C22H29NO3/c1-5-21(26-19-9-7-6-8-10-19)22(24)23-20(15-16(2)3)17-11-13-18(25-4)14-12-17/h6-14,16,20-21H,5,15H2,1-4H3,(H,23,24). The number of para-hydroxylation sites is 1. The number of hydrogen-bond acceptors (Lipinski definition) is 3. The second-order valence-corrected chi connectivity index (χ2v) is 6.79. The molecule has 140 valence electrons. The molecule has 26 heavy (non-hydrogen) atoms. The summed E-state index contributed by atoms with van der Waals surface area (Å²) in [6, 6.07) is 17.3. The smallest absolute Gasteiger partial charge is 0.261 e. The van der Waals surface area contributed by atoms with Gasteiger partial charge < -0.3 is 14.8 Å². The molecule has 0 aromatic heterocycles. The quantitative estimate of drug-likeness (QED) is 0.706. The van der Waals surface area contributed by atoms with Crippen molar-refractivity contribution < 1.29 is 14.3 Å². The van der Waals surface area contributed by atoms with E-state index < -0.39 is 6.10 Å². The highest BCUT2D eigenvalue weighted by Crippen LogP contribution is 2.24. The first kappa shape index (κ1) is 19.8. The molecule has 2 atom stereocenters. The van der Waals surface area contributed by atoms with Crippen LogP contribution in [0.2, 0.25) is 0 Å². The first-order chi connectivity index (χ1) is 12.5. The largest absolute Gasteiger partial charge is 0.497 e. The molecule has 0 saturated heterocycles. The molecule has 0 radical (unpaired) electrons. The van der Waals surface area contributed by atoms with Crippen LogP contribution in [0.15, 0.2) is 54.6 Å². The summed E-state index contributed by atoms with van der Waals surface area (Å²) in [6.07, 6.45) is 0.961. The lowest BCUT2D eigenvalue weighted by molar-refractivity contribution is -0.129. The van der Waals surface area contributed by atoms with Gasteiger partial charge in [0.15, 0.2) is 6.10 Å². The van der Waals surface area contributed by atoms with Crippen LogP contribution in [0.25, 0.3) is 0 Å². The van der Waals surface area contributed by atoms with Gasteiger partial charge in [0, 0.05) is 0 Å². The van der Waals surface area contributed by atoms with Crippen molar-refractivity contribution in [3.05, 3.63) is 60.2 Å². The van der Waals surface area contributed by atoms with Crippen LogP contribution in [0.3, 0.4) is 0 Å². The molecule has 1 amide bonds. The monoisotopic (exact) mass is 355 g/mol. The normalized spacial score (nSPS) is 13.1. The number of methoxy groups -OCH3 is 1. The molecule has 2 rings (SSSR count). The van der Waals surface area contributed by atoms with Gasteiger partial charge >= 0.3 is 0 Å². The average Bonchev–Trinajstić information content (AvgIpc) is 2.66. The first-order valence-corrected chi connectivity index (χ1v) is 9.19. The van der Waals surface area contributed by atoms with Crippen molar-refractivity contribution in [1.82, 2.24) is 5.32 Å². The van der Waals surface area contributed by atoms with E-state index in [1.807, 2.05) is 61.5 Å². The van der Waals surface area contributed by atoms with Crippen LogP contribution in [0.5, 0.6) is 11.5 Å². The summed E-state index contributed by atoms with van der Waals surface area (Å²) in [6.45, 7) is 6.26. The fourth-order valence-electron chi connectivity index (χ4n) is 2.84. The third-order valence-electron chi connectivity index (χ3n) is 4.23. The topological polar surface area (TPSA) is 47.6 Å². The molecule has 4 nitrogen and oxygen atoms in total. The second kappa shape index (κ2) is 9.85. The van der Waals surface area contributed by atoms with Crippen molar-refractivity contribution in [3.63, 3.8) is 0 Å². The third-order valence-corrected chi connectivity index (χ3v) is 4.23. The minimum atomic E-state index is -0.509. The summed E-state index contributed by atoms with van der Waals surface area (Å²) in [5, 5.41) is 3.17. The SMILES string of the molecule is CCC(Oc1ccccc1)C(=O)NC(CC(C)C)c1ccc(OC)cc1. The Bertz CT molecular complexity index is 668. The predicted octanol–water partition coefficient (Wildman–Crippen LogP) is 4.76. The predicted molar refractivity (Wildman–Crippen MR) is 104 cm³/mol. The first-order valence-electron chi connectivity index (χ1n) is 9.19. The summed E-state index contributed by atoms with van der Waals surface area (Å²) >= 11 is 0. The Kier molecular flexibility index (Phi) is 7.52. The second-order valence-electron chi connectivity index (χ2n) is 6.79. The molecule has 2 aromatic rings. The summed E-state index contributed by atoms with van der Waals surface area (Å²) in [5.41, 5.74) is 1.07. The zero-order chi connectivity index (χ0) is 18.9. The number of nitrogens with one attached hydrogen (secondary N) is 1. The number of rotatable bonds is 9. The third kappa shape index (κ3) is 5.80. The Labute approximate surface area is 156 Å². The molecule has 0 saturated carbocycles. The van der Waals surface area contributed by atoms with E-state index in [1.165, 1.54) is 0 Å². The molecule has 2 unspecified atom stereocenters. The minimum absolute atomic E-state index is 0.0539. The van der Waals surface area contributed by atoms with Crippen LogP contribution in [-0.2, 0) is 4.79 Å². The Morgan fingerprint density at radius 2 is 1.65 bits per heavy atom. The van der Waals surface area contributed by atoms with Gasteiger partial charge in [-0.15, -0.1) is 0 Å². The van der Waals surface area contributed by atoms with E-state index in [0.717, 1.165) is 17.7 Å². The molecule has 0 aliphatic heterocycles. The van der Waals surface area contributed by atoms with E-state index in [2.05, 4.69) is 19.2 Å². The maximum atomic E-state index is 12.8. The highest BCUT2D eigenvalue weighted by atomic mass is 16.5. The summed E-state index contributed by atoms with van der Waals surface area (Å²) in [4.78, 5) is 12.8. The highest BCUT2D eigenvalue weighted by Gasteiger charge is 2.23. The van der Waals surface area contributed by atoms with Crippen LogP contribution in [0.4, 0.5) is 0 Å². The average molecular weight is 355 g/mol. The van der Waals surface area contributed by atoms with Crippen molar-refractivity contribution in [3.8, 4) is 11.5 Å². The van der Waals surface area contributed by atoms with E-state index in [1.54, 1.807) is 7.11 Å².